The molecule has 4 saturated carbocycles. The number of hydrogen-bond donors (Lipinski definition) is 0. The molecule has 4 fully saturated rings. The molecule has 2 heteroatoms. The first-order valence-corrected chi connectivity index (χ1v) is 20.1. The van der Waals surface area contributed by atoms with E-state index in [0.717, 1.165) is 23.7 Å². The molecule has 1 nitrogen and oxygen atoms in total. The molecule has 4 bridgehead atoms. The minimum atomic E-state index is 0.104. The van der Waals surface area contributed by atoms with Crippen LogP contribution in [0.2, 0.25) is 0 Å². The summed E-state index contributed by atoms with van der Waals surface area (Å²) in [5, 5.41) is 0. The number of fused-ring (bicyclic) bond motifs is 3. The molecule has 0 atom stereocenters. The largest absolute Gasteiger partial charge is 0.310 e. The summed E-state index contributed by atoms with van der Waals surface area (Å²) >= 11 is 2.01. The third-order valence-electron chi connectivity index (χ3n) is 14.0. The van der Waals surface area contributed by atoms with E-state index >= 15 is 0 Å². The molecule has 1 heterocycles. The fourth-order valence-corrected chi connectivity index (χ4v) is 12.9. The molecule has 5 aliphatic carbocycles. The van der Waals surface area contributed by atoms with Gasteiger partial charge in [-0.2, -0.15) is 0 Å². The highest BCUT2D eigenvalue weighted by Crippen LogP contribution is 2.69. The van der Waals surface area contributed by atoms with Crippen LogP contribution >= 0.6 is 11.8 Å². The summed E-state index contributed by atoms with van der Waals surface area (Å²) in [5.74, 6) is 3.31. The summed E-state index contributed by atoms with van der Waals surface area (Å²) in [6, 6.07) is 44.6. The Kier molecular flexibility index (Phi) is 6.90. The lowest BCUT2D eigenvalue weighted by Gasteiger charge is -2.63. The van der Waals surface area contributed by atoms with Gasteiger partial charge in [0.2, 0.25) is 0 Å². The lowest BCUT2D eigenvalue weighted by atomic mass is 9.42. The SMILES string of the molecule is CC1(C)CCC(C)(C)c2cc(N(c3ccc4c(c3)C3(c5ccccc5S4)C4CC5CC(C4)CC3C5)c3ccccc3-c3ccccc3)ccc21. The van der Waals surface area contributed by atoms with Gasteiger partial charge in [-0.25, -0.2) is 0 Å². The maximum atomic E-state index is 2.66. The van der Waals surface area contributed by atoms with Crippen molar-refractivity contribution in [2.75, 3.05) is 4.90 Å². The van der Waals surface area contributed by atoms with Gasteiger partial charge in [-0.05, 0) is 150 Å². The molecule has 0 amide bonds. The van der Waals surface area contributed by atoms with Crippen molar-refractivity contribution < 1.29 is 0 Å². The second-order valence-electron chi connectivity index (χ2n) is 17.7. The van der Waals surface area contributed by atoms with Crippen molar-refractivity contribution in [3.63, 3.8) is 0 Å². The van der Waals surface area contributed by atoms with Crippen molar-refractivity contribution in [2.45, 2.75) is 98.7 Å². The third kappa shape index (κ3) is 4.52. The number of anilines is 3. The van der Waals surface area contributed by atoms with Gasteiger partial charge in [0.25, 0.3) is 0 Å². The summed E-state index contributed by atoms with van der Waals surface area (Å²) in [5.41, 5.74) is 13.0. The van der Waals surface area contributed by atoms with E-state index in [-0.39, 0.29) is 16.2 Å². The van der Waals surface area contributed by atoms with Gasteiger partial charge in [0, 0.05) is 32.1 Å². The van der Waals surface area contributed by atoms with Gasteiger partial charge in [-0.1, -0.05) is 112 Å². The summed E-state index contributed by atoms with van der Waals surface area (Å²) in [4.78, 5) is 5.57. The number of benzene rings is 5. The highest BCUT2D eigenvalue weighted by atomic mass is 32.2. The van der Waals surface area contributed by atoms with Crippen LogP contribution in [0.4, 0.5) is 17.1 Å². The van der Waals surface area contributed by atoms with E-state index in [0.29, 0.717) is 0 Å². The van der Waals surface area contributed by atoms with E-state index in [4.69, 9.17) is 0 Å². The van der Waals surface area contributed by atoms with Crippen molar-refractivity contribution in [1.29, 1.82) is 0 Å². The fraction of sp³-hybridized carbons (Fsp3) is 0.375. The molecule has 1 spiro atoms. The molecule has 0 aromatic heterocycles. The second kappa shape index (κ2) is 11.1. The molecule has 6 aliphatic rings. The van der Waals surface area contributed by atoms with Crippen LogP contribution in [0.3, 0.4) is 0 Å². The highest BCUT2D eigenvalue weighted by molar-refractivity contribution is 7.99. The summed E-state index contributed by atoms with van der Waals surface area (Å²) in [6.07, 6.45) is 9.49. The van der Waals surface area contributed by atoms with E-state index in [2.05, 4.69) is 148 Å². The van der Waals surface area contributed by atoms with Crippen LogP contribution in [0.25, 0.3) is 11.1 Å². The standard InChI is InChI=1S/C48H49NS/c1-46(2)22-23-47(3,4)41-29-36(18-20-39(41)46)49(43-16-10-8-14-38(43)33-12-6-5-7-13-33)37-19-21-45-42(30-37)48(40-15-9-11-17-44(40)50-45)34-25-31-24-32(27-34)28-35(48)26-31/h5-21,29-32,34-35H,22-28H2,1-4H3. The van der Waals surface area contributed by atoms with Gasteiger partial charge in [0.15, 0.2) is 0 Å². The second-order valence-corrected chi connectivity index (χ2v) is 18.8. The van der Waals surface area contributed by atoms with Gasteiger partial charge in [-0.15, -0.1) is 0 Å². The molecule has 0 saturated heterocycles. The molecule has 0 radical (unpaired) electrons. The first-order chi connectivity index (χ1) is 24.2. The van der Waals surface area contributed by atoms with Gasteiger partial charge < -0.3 is 4.90 Å². The zero-order valence-electron chi connectivity index (χ0n) is 30.1. The number of para-hydroxylation sites is 1. The minimum absolute atomic E-state index is 0.104. The molecule has 252 valence electrons. The van der Waals surface area contributed by atoms with E-state index in [9.17, 15) is 0 Å². The molecular weight excluding hydrogens is 623 g/mol. The Hall–Kier alpha value is -3.75. The van der Waals surface area contributed by atoms with Crippen LogP contribution in [-0.4, -0.2) is 0 Å². The summed E-state index contributed by atoms with van der Waals surface area (Å²) < 4.78 is 0. The Morgan fingerprint density at radius 2 is 1.10 bits per heavy atom. The molecule has 0 N–H and O–H groups in total. The molecule has 50 heavy (non-hydrogen) atoms. The van der Waals surface area contributed by atoms with Crippen LogP contribution in [0.1, 0.15) is 94.9 Å². The lowest BCUT2D eigenvalue weighted by molar-refractivity contribution is -0.0443. The Morgan fingerprint density at radius 3 is 1.84 bits per heavy atom. The quantitative estimate of drug-likeness (QED) is 0.187. The average Bonchev–Trinajstić information content (AvgIpc) is 3.12. The van der Waals surface area contributed by atoms with Crippen LogP contribution in [0.15, 0.2) is 125 Å². The van der Waals surface area contributed by atoms with Gasteiger partial charge in [-0.3, -0.25) is 0 Å². The van der Waals surface area contributed by atoms with Crippen molar-refractivity contribution in [3.05, 3.63) is 138 Å². The monoisotopic (exact) mass is 671 g/mol. The van der Waals surface area contributed by atoms with Gasteiger partial charge in [0.05, 0.1) is 5.69 Å². The lowest BCUT2D eigenvalue weighted by Crippen LogP contribution is -2.57. The fourth-order valence-electron chi connectivity index (χ4n) is 11.7. The maximum absolute atomic E-state index is 2.66. The number of nitrogens with zero attached hydrogens (tertiary/aromatic N) is 1. The minimum Gasteiger partial charge on any atom is -0.310 e. The molecular formula is C48H49NS. The van der Waals surface area contributed by atoms with Crippen molar-refractivity contribution in [2.24, 2.45) is 23.7 Å². The van der Waals surface area contributed by atoms with E-state index in [1.165, 1.54) is 94.1 Å². The predicted molar refractivity (Wildman–Crippen MR) is 210 cm³/mol. The number of rotatable bonds is 4. The Morgan fingerprint density at radius 1 is 0.520 bits per heavy atom. The first-order valence-electron chi connectivity index (χ1n) is 19.2. The van der Waals surface area contributed by atoms with E-state index in [1.807, 2.05) is 11.8 Å². The smallest absolute Gasteiger partial charge is 0.0540 e. The summed E-state index contributed by atoms with van der Waals surface area (Å²) in [7, 11) is 0. The molecule has 11 rings (SSSR count). The molecule has 5 aromatic carbocycles. The van der Waals surface area contributed by atoms with Crippen LogP contribution in [-0.2, 0) is 16.2 Å². The molecule has 0 unspecified atom stereocenters. The van der Waals surface area contributed by atoms with Crippen LogP contribution in [0.5, 0.6) is 0 Å². The van der Waals surface area contributed by atoms with Crippen molar-refractivity contribution in [3.8, 4) is 11.1 Å². The predicted octanol–water partition coefficient (Wildman–Crippen LogP) is 13.4. The zero-order chi connectivity index (χ0) is 33.8. The van der Waals surface area contributed by atoms with Crippen molar-refractivity contribution >= 4 is 28.8 Å². The number of hydrogen-bond acceptors (Lipinski definition) is 2. The molecule has 5 aromatic rings. The molecule has 1 aliphatic heterocycles. The summed E-state index contributed by atoms with van der Waals surface area (Å²) in [6.45, 7) is 9.78. The van der Waals surface area contributed by atoms with E-state index in [1.54, 1.807) is 11.1 Å². The van der Waals surface area contributed by atoms with E-state index < -0.39 is 0 Å². The zero-order valence-corrected chi connectivity index (χ0v) is 30.9. The Bertz CT molecular complexity index is 2090. The van der Waals surface area contributed by atoms with Crippen LogP contribution in [0, 0.1) is 23.7 Å². The Balaban J connectivity index is 1.21. The highest BCUT2D eigenvalue weighted by Gasteiger charge is 2.60. The normalized spacial score (nSPS) is 27.8. The topological polar surface area (TPSA) is 3.24 Å². The average molecular weight is 672 g/mol. The Labute approximate surface area is 303 Å². The first kappa shape index (κ1) is 31.0. The third-order valence-corrected chi connectivity index (χ3v) is 15.1. The van der Waals surface area contributed by atoms with Gasteiger partial charge in [0.1, 0.15) is 0 Å². The van der Waals surface area contributed by atoms with Crippen LogP contribution < -0.4 is 4.90 Å². The maximum Gasteiger partial charge on any atom is 0.0540 e. The van der Waals surface area contributed by atoms with Crippen molar-refractivity contribution in [1.82, 2.24) is 0 Å². The van der Waals surface area contributed by atoms with Gasteiger partial charge >= 0.3 is 0 Å².